The van der Waals surface area contributed by atoms with Crippen LogP contribution >= 0.6 is 11.6 Å². The average Bonchev–Trinajstić information content (AvgIpc) is 2.79. The van der Waals surface area contributed by atoms with E-state index in [0.717, 1.165) is 22.3 Å². The largest absolute Gasteiger partial charge is 0.352 e. The molecule has 1 amide bonds. The van der Waals surface area contributed by atoms with Gasteiger partial charge in [0.2, 0.25) is 5.91 Å². The molecule has 0 unspecified atom stereocenters. The molecule has 1 atom stereocenters. The Bertz CT molecular complexity index is 1100. The van der Waals surface area contributed by atoms with Gasteiger partial charge in [-0.1, -0.05) is 50.6 Å². The van der Waals surface area contributed by atoms with Gasteiger partial charge in [-0.2, -0.15) is 0 Å². The molecule has 0 radical (unpaired) electrons. The molecule has 0 aliphatic carbocycles. The normalized spacial score (nSPS) is 15.8. The number of fused-ring (bicyclic) bond motifs is 1. The van der Waals surface area contributed by atoms with Crippen molar-refractivity contribution in [2.45, 2.75) is 38.6 Å². The van der Waals surface area contributed by atoms with Crippen LogP contribution in [0.2, 0.25) is 5.02 Å². The minimum atomic E-state index is -0.558. The maximum Gasteiger partial charge on any atom is 0.239 e. The predicted molar refractivity (Wildman–Crippen MR) is 130 cm³/mol. The van der Waals surface area contributed by atoms with Crippen LogP contribution < -0.4 is 10.6 Å². The summed E-state index contributed by atoms with van der Waals surface area (Å²) in [5.41, 5.74) is 9.49. The van der Waals surface area contributed by atoms with Crippen LogP contribution in [0.5, 0.6) is 0 Å². The molecule has 0 saturated carbocycles. The first-order valence-electron chi connectivity index (χ1n) is 11.0. The molecular weight excluding hydrogens is 422 g/mol. The first-order chi connectivity index (χ1) is 15.2. The number of benzene rings is 2. The van der Waals surface area contributed by atoms with Gasteiger partial charge in [-0.05, 0) is 47.2 Å². The van der Waals surface area contributed by atoms with Crippen LogP contribution in [-0.4, -0.2) is 53.0 Å². The number of carbonyl (C=O) groups excluding carboxylic acids is 1. The van der Waals surface area contributed by atoms with Gasteiger partial charge >= 0.3 is 0 Å². The lowest BCUT2D eigenvalue weighted by atomic mass is 9.86. The van der Waals surface area contributed by atoms with E-state index in [9.17, 15) is 4.79 Å². The fourth-order valence-corrected chi connectivity index (χ4v) is 4.22. The number of hydrogen-bond donors (Lipinski definition) is 1. The molecule has 1 aromatic heterocycles. The SMILES string of the molecule is CC(C)(C)c1ccc2ncnc(N3CCN(C(=O)[C@H](N)Cc4ccc(Cl)cc4)CC3)c2c1. The molecule has 3 aromatic rings. The summed E-state index contributed by atoms with van der Waals surface area (Å²) in [5, 5.41) is 1.73. The molecule has 2 aromatic carbocycles. The number of hydrogen-bond acceptors (Lipinski definition) is 5. The number of aromatic nitrogens is 2. The van der Waals surface area contributed by atoms with Crippen LogP contribution in [0.3, 0.4) is 0 Å². The lowest BCUT2D eigenvalue weighted by Gasteiger charge is -2.37. The Kier molecular flexibility index (Phi) is 6.35. The molecule has 1 saturated heterocycles. The number of nitrogens with two attached hydrogens (primary N) is 1. The molecule has 1 aliphatic rings. The summed E-state index contributed by atoms with van der Waals surface area (Å²) < 4.78 is 0. The van der Waals surface area contributed by atoms with Gasteiger partial charge in [0.15, 0.2) is 0 Å². The minimum absolute atomic E-state index is 0.0119. The van der Waals surface area contributed by atoms with E-state index >= 15 is 0 Å². The number of carbonyl (C=O) groups is 1. The van der Waals surface area contributed by atoms with Gasteiger partial charge in [0, 0.05) is 36.6 Å². The lowest BCUT2D eigenvalue weighted by Crippen LogP contribution is -2.53. The molecule has 1 aliphatic heterocycles. The maximum absolute atomic E-state index is 12.9. The van der Waals surface area contributed by atoms with E-state index in [-0.39, 0.29) is 11.3 Å². The summed E-state index contributed by atoms with van der Waals surface area (Å²) >= 11 is 5.94. The van der Waals surface area contributed by atoms with E-state index in [1.807, 2.05) is 29.2 Å². The summed E-state index contributed by atoms with van der Waals surface area (Å²) in [6, 6.07) is 13.3. The summed E-state index contributed by atoms with van der Waals surface area (Å²) in [5.74, 6) is 0.917. The van der Waals surface area contributed by atoms with Gasteiger partial charge in [0.25, 0.3) is 0 Å². The van der Waals surface area contributed by atoms with Crippen LogP contribution in [0.1, 0.15) is 31.9 Å². The molecule has 0 bridgehead atoms. The average molecular weight is 452 g/mol. The van der Waals surface area contributed by atoms with Gasteiger partial charge < -0.3 is 15.5 Å². The van der Waals surface area contributed by atoms with Gasteiger partial charge in [-0.25, -0.2) is 9.97 Å². The van der Waals surface area contributed by atoms with Crippen LogP contribution in [0.4, 0.5) is 5.82 Å². The van der Waals surface area contributed by atoms with Crippen LogP contribution in [0.15, 0.2) is 48.8 Å². The van der Waals surface area contributed by atoms with Crippen molar-refractivity contribution < 1.29 is 4.79 Å². The standard InChI is InChI=1S/C25H30ClN5O/c1-25(2,3)18-6-9-22-20(15-18)23(29-16-28-22)30-10-12-31(13-11-30)24(32)21(27)14-17-4-7-19(26)8-5-17/h4-9,15-16,21H,10-14,27H2,1-3H3/t21-/m1/s1. The van der Waals surface area contributed by atoms with Crippen LogP contribution in [-0.2, 0) is 16.6 Å². The molecule has 6 nitrogen and oxygen atoms in total. The van der Waals surface area contributed by atoms with Crippen molar-refractivity contribution in [3.63, 3.8) is 0 Å². The predicted octanol–water partition coefficient (Wildman–Crippen LogP) is 3.80. The second-order valence-electron chi connectivity index (χ2n) is 9.43. The van der Waals surface area contributed by atoms with Gasteiger partial charge in [-0.3, -0.25) is 4.79 Å². The van der Waals surface area contributed by atoms with E-state index in [2.05, 4.69) is 53.8 Å². The Morgan fingerprint density at radius 1 is 1.06 bits per heavy atom. The summed E-state index contributed by atoms with van der Waals surface area (Å²) in [7, 11) is 0. The number of amides is 1. The second-order valence-corrected chi connectivity index (χ2v) is 9.87. The molecule has 1 fully saturated rings. The van der Waals surface area contributed by atoms with Gasteiger partial charge in [0.1, 0.15) is 12.1 Å². The van der Waals surface area contributed by atoms with Crippen molar-refractivity contribution in [2.24, 2.45) is 5.73 Å². The highest BCUT2D eigenvalue weighted by Crippen LogP contribution is 2.30. The van der Waals surface area contributed by atoms with Crippen molar-refractivity contribution in [3.05, 3.63) is 64.9 Å². The van der Waals surface area contributed by atoms with Crippen LogP contribution in [0.25, 0.3) is 10.9 Å². The van der Waals surface area contributed by atoms with E-state index in [1.165, 1.54) is 5.56 Å². The summed E-state index contributed by atoms with van der Waals surface area (Å²) in [4.78, 5) is 26.1. The molecule has 4 rings (SSSR count). The third kappa shape index (κ3) is 4.87. The molecular formula is C25H30ClN5O. The van der Waals surface area contributed by atoms with E-state index in [1.54, 1.807) is 6.33 Å². The smallest absolute Gasteiger partial charge is 0.239 e. The highest BCUT2D eigenvalue weighted by Gasteiger charge is 2.27. The highest BCUT2D eigenvalue weighted by atomic mass is 35.5. The fraction of sp³-hybridized carbons (Fsp3) is 0.400. The van der Waals surface area contributed by atoms with Crippen molar-refractivity contribution in [1.29, 1.82) is 0 Å². The Hall–Kier alpha value is -2.70. The summed E-state index contributed by atoms with van der Waals surface area (Å²) in [6.45, 7) is 9.28. The topological polar surface area (TPSA) is 75.4 Å². The van der Waals surface area contributed by atoms with E-state index < -0.39 is 6.04 Å². The van der Waals surface area contributed by atoms with E-state index in [4.69, 9.17) is 17.3 Å². The van der Waals surface area contributed by atoms with Crippen molar-refractivity contribution in [2.75, 3.05) is 31.1 Å². The zero-order valence-corrected chi connectivity index (χ0v) is 19.6. The van der Waals surface area contributed by atoms with Crippen molar-refractivity contribution in [3.8, 4) is 0 Å². The van der Waals surface area contributed by atoms with Crippen molar-refractivity contribution in [1.82, 2.24) is 14.9 Å². The maximum atomic E-state index is 12.9. The quantitative estimate of drug-likeness (QED) is 0.653. The Balaban J connectivity index is 1.44. The molecule has 0 spiro atoms. The zero-order valence-electron chi connectivity index (χ0n) is 18.9. The van der Waals surface area contributed by atoms with Gasteiger partial charge in [-0.15, -0.1) is 0 Å². The number of nitrogens with zero attached hydrogens (tertiary/aromatic N) is 4. The second kappa shape index (κ2) is 9.04. The number of piperazine rings is 1. The first-order valence-corrected chi connectivity index (χ1v) is 11.4. The van der Waals surface area contributed by atoms with Gasteiger partial charge in [0.05, 0.1) is 11.6 Å². The Morgan fingerprint density at radius 2 is 1.75 bits per heavy atom. The Labute approximate surface area is 194 Å². The highest BCUT2D eigenvalue weighted by molar-refractivity contribution is 6.30. The first kappa shape index (κ1) is 22.5. The molecule has 2 N–H and O–H groups in total. The summed E-state index contributed by atoms with van der Waals surface area (Å²) in [6.07, 6.45) is 2.12. The number of halogens is 1. The monoisotopic (exact) mass is 451 g/mol. The Morgan fingerprint density at radius 3 is 2.41 bits per heavy atom. The zero-order chi connectivity index (χ0) is 22.9. The molecule has 7 heteroatoms. The third-order valence-corrected chi connectivity index (χ3v) is 6.31. The molecule has 168 valence electrons. The molecule has 2 heterocycles. The fourth-order valence-electron chi connectivity index (χ4n) is 4.10. The van der Waals surface area contributed by atoms with Crippen LogP contribution in [0, 0.1) is 0 Å². The minimum Gasteiger partial charge on any atom is -0.352 e. The molecule has 32 heavy (non-hydrogen) atoms. The van der Waals surface area contributed by atoms with E-state index in [0.29, 0.717) is 37.6 Å². The number of rotatable bonds is 4. The lowest BCUT2D eigenvalue weighted by molar-refractivity contribution is -0.132. The van der Waals surface area contributed by atoms with Crippen molar-refractivity contribution >= 4 is 34.2 Å². The third-order valence-electron chi connectivity index (χ3n) is 6.06. The number of anilines is 1.